The van der Waals surface area contributed by atoms with Crippen LogP contribution in [0.25, 0.3) is 11.5 Å². The number of hydrogen-bond acceptors (Lipinski definition) is 6. The van der Waals surface area contributed by atoms with Crippen LogP contribution >= 0.6 is 0 Å². The summed E-state index contributed by atoms with van der Waals surface area (Å²) in [6.45, 7) is 5.26. The molecule has 8 nitrogen and oxygen atoms in total. The fraction of sp³-hybridized carbons (Fsp3) is 0.357. The van der Waals surface area contributed by atoms with Crippen molar-refractivity contribution in [1.82, 2.24) is 14.2 Å². The Bertz CT molecular complexity index is 755. The number of nitrogen functional groups attached to an aromatic ring is 1. The molecule has 2 aromatic rings. The lowest BCUT2D eigenvalue weighted by molar-refractivity contribution is 0.0539. The van der Waals surface area contributed by atoms with Crippen LogP contribution in [0.5, 0.6) is 5.75 Å². The highest BCUT2D eigenvalue weighted by Gasteiger charge is 2.24. The van der Waals surface area contributed by atoms with Gasteiger partial charge in [-0.1, -0.05) is 0 Å². The van der Waals surface area contributed by atoms with Crippen LogP contribution in [0.1, 0.15) is 20.8 Å². The van der Waals surface area contributed by atoms with Crippen LogP contribution in [-0.4, -0.2) is 33.0 Å². The van der Waals surface area contributed by atoms with Gasteiger partial charge < -0.3 is 15.3 Å². The first-order valence-corrected chi connectivity index (χ1v) is 6.56. The first-order chi connectivity index (χ1) is 10.2. The Labute approximate surface area is 127 Å². The molecule has 0 bridgehead atoms. The molecule has 22 heavy (non-hydrogen) atoms. The predicted molar refractivity (Wildman–Crippen MR) is 80.3 cm³/mol. The van der Waals surface area contributed by atoms with E-state index in [4.69, 9.17) is 15.3 Å². The second kappa shape index (κ2) is 5.55. The number of hydrogen-bond donors (Lipinski definition) is 1. The molecule has 0 saturated carbocycles. The zero-order valence-electron chi connectivity index (χ0n) is 12.9. The lowest BCUT2D eigenvalue weighted by Gasteiger charge is -2.20. The number of aromatic nitrogens is 3. The van der Waals surface area contributed by atoms with Crippen molar-refractivity contribution in [3.05, 3.63) is 34.9 Å². The predicted octanol–water partition coefficient (Wildman–Crippen LogP) is 1.22. The van der Waals surface area contributed by atoms with E-state index in [0.29, 0.717) is 0 Å². The van der Waals surface area contributed by atoms with Crippen LogP contribution in [-0.2, 0) is 4.74 Å². The molecule has 0 saturated heterocycles. The minimum absolute atomic E-state index is 0.000934. The Balaban J connectivity index is 2.58. The topological polar surface area (TPSA) is 101 Å². The number of rotatable bonds is 2. The molecule has 0 unspecified atom stereocenters. The third-order valence-corrected chi connectivity index (χ3v) is 2.73. The summed E-state index contributed by atoms with van der Waals surface area (Å²) in [6.07, 6.45) is 3.59. The smallest absolute Gasteiger partial charge is 0.420 e. The second-order valence-electron chi connectivity index (χ2n) is 5.57. The van der Waals surface area contributed by atoms with E-state index in [1.807, 2.05) is 0 Å². The largest absolute Gasteiger partial charge is 0.491 e. The van der Waals surface area contributed by atoms with Gasteiger partial charge in [0.05, 0.1) is 7.11 Å². The summed E-state index contributed by atoms with van der Waals surface area (Å²) in [6, 6.07) is 1.27. The van der Waals surface area contributed by atoms with E-state index in [0.717, 1.165) is 0 Å². The van der Waals surface area contributed by atoms with Crippen LogP contribution in [0.2, 0.25) is 0 Å². The minimum atomic E-state index is -0.665. The van der Waals surface area contributed by atoms with Crippen molar-refractivity contribution in [2.45, 2.75) is 26.4 Å². The summed E-state index contributed by atoms with van der Waals surface area (Å²) in [4.78, 5) is 28.2. The summed E-state index contributed by atoms with van der Waals surface area (Å²) in [5.41, 5.74) is -0.842. The Kier molecular flexibility index (Phi) is 3.94. The van der Waals surface area contributed by atoms with Gasteiger partial charge in [0.15, 0.2) is 17.3 Å². The molecule has 2 aromatic heterocycles. The van der Waals surface area contributed by atoms with Crippen LogP contribution in [0.15, 0.2) is 29.5 Å². The van der Waals surface area contributed by atoms with E-state index in [9.17, 15) is 9.59 Å². The molecular formula is C14H18N4O4. The maximum atomic E-state index is 12.2. The number of pyridine rings is 1. The standard InChI is InChI=1S/C14H18N4O4/c1-14(2,3)22-13(20)17-8-6-16-12(17)10-11(21-4)9(19)5-7-18(10)15/h5-8H,15H2,1-4H3. The van der Waals surface area contributed by atoms with Gasteiger partial charge in [0, 0.05) is 24.7 Å². The van der Waals surface area contributed by atoms with E-state index in [2.05, 4.69) is 4.98 Å². The Morgan fingerprint density at radius 3 is 2.59 bits per heavy atom. The van der Waals surface area contributed by atoms with Crippen molar-refractivity contribution in [1.29, 1.82) is 0 Å². The van der Waals surface area contributed by atoms with Crippen molar-refractivity contribution in [2.24, 2.45) is 0 Å². The molecule has 0 aliphatic rings. The molecular weight excluding hydrogens is 288 g/mol. The number of carbonyl (C=O) groups is 1. The van der Waals surface area contributed by atoms with E-state index in [-0.39, 0.29) is 22.7 Å². The van der Waals surface area contributed by atoms with Gasteiger partial charge in [-0.05, 0) is 20.8 Å². The number of imidazole rings is 1. The SMILES string of the molecule is COc1c(-c2nccn2C(=O)OC(C)(C)C)n(N)ccc1=O. The van der Waals surface area contributed by atoms with Crippen LogP contribution < -0.4 is 16.0 Å². The third-order valence-electron chi connectivity index (χ3n) is 2.73. The van der Waals surface area contributed by atoms with E-state index >= 15 is 0 Å². The number of nitrogens with two attached hydrogens (primary N) is 1. The monoisotopic (exact) mass is 306 g/mol. The Hall–Kier alpha value is -2.77. The van der Waals surface area contributed by atoms with Crippen LogP contribution in [0.4, 0.5) is 4.79 Å². The molecule has 8 heteroatoms. The molecule has 2 N–H and O–H groups in total. The zero-order chi connectivity index (χ0) is 16.5. The molecule has 118 valence electrons. The molecule has 2 rings (SSSR count). The molecule has 0 atom stereocenters. The minimum Gasteiger partial charge on any atom is -0.491 e. The summed E-state index contributed by atoms with van der Waals surface area (Å²) in [5.74, 6) is 6.01. The molecule has 0 radical (unpaired) electrons. The van der Waals surface area contributed by atoms with Crippen LogP contribution in [0.3, 0.4) is 0 Å². The number of carbonyl (C=O) groups excluding carboxylic acids is 1. The zero-order valence-corrected chi connectivity index (χ0v) is 12.9. The van der Waals surface area contributed by atoms with Crippen molar-refractivity contribution >= 4 is 6.09 Å². The maximum absolute atomic E-state index is 12.2. The van der Waals surface area contributed by atoms with Crippen molar-refractivity contribution in [3.8, 4) is 17.3 Å². The lowest BCUT2D eigenvalue weighted by Crippen LogP contribution is -2.28. The summed E-state index contributed by atoms with van der Waals surface area (Å²) >= 11 is 0. The van der Waals surface area contributed by atoms with Crippen LogP contribution in [0, 0.1) is 0 Å². The van der Waals surface area contributed by atoms with E-state index < -0.39 is 11.7 Å². The highest BCUT2D eigenvalue weighted by atomic mass is 16.6. The molecule has 0 aliphatic heterocycles. The normalized spacial score (nSPS) is 11.3. The number of ether oxygens (including phenoxy) is 2. The van der Waals surface area contributed by atoms with E-state index in [1.54, 1.807) is 20.8 Å². The summed E-state index contributed by atoms with van der Waals surface area (Å²) < 4.78 is 12.7. The molecule has 0 aromatic carbocycles. The maximum Gasteiger partial charge on any atom is 0.420 e. The fourth-order valence-corrected chi connectivity index (χ4v) is 1.88. The molecule has 0 amide bonds. The molecule has 0 fully saturated rings. The van der Waals surface area contributed by atoms with Gasteiger partial charge in [0.25, 0.3) is 0 Å². The van der Waals surface area contributed by atoms with Gasteiger partial charge in [-0.3, -0.25) is 9.47 Å². The molecule has 2 heterocycles. The van der Waals surface area contributed by atoms with Crippen molar-refractivity contribution in [2.75, 3.05) is 13.0 Å². The summed E-state index contributed by atoms with van der Waals surface area (Å²) in [7, 11) is 1.35. The molecule has 0 aliphatic carbocycles. The average Bonchev–Trinajstić information content (AvgIpc) is 2.88. The number of methoxy groups -OCH3 is 1. The van der Waals surface area contributed by atoms with E-state index in [1.165, 1.54) is 41.0 Å². The first kappa shape index (κ1) is 15.6. The third kappa shape index (κ3) is 2.95. The highest BCUT2D eigenvalue weighted by Crippen LogP contribution is 2.24. The van der Waals surface area contributed by atoms with Gasteiger partial charge in [0.1, 0.15) is 5.60 Å². The summed E-state index contributed by atoms with van der Waals surface area (Å²) in [5, 5.41) is 0. The Morgan fingerprint density at radius 1 is 1.32 bits per heavy atom. The van der Waals surface area contributed by atoms with Gasteiger partial charge >= 0.3 is 6.09 Å². The van der Waals surface area contributed by atoms with Gasteiger partial charge in [0.2, 0.25) is 5.43 Å². The number of nitrogens with zero attached hydrogens (tertiary/aromatic N) is 3. The Morgan fingerprint density at radius 2 is 2.00 bits per heavy atom. The van der Waals surface area contributed by atoms with Gasteiger partial charge in [-0.25, -0.2) is 14.3 Å². The van der Waals surface area contributed by atoms with Gasteiger partial charge in [-0.2, -0.15) is 0 Å². The fourth-order valence-electron chi connectivity index (χ4n) is 1.88. The first-order valence-electron chi connectivity index (χ1n) is 6.56. The highest BCUT2D eigenvalue weighted by molar-refractivity contribution is 5.77. The van der Waals surface area contributed by atoms with Gasteiger partial charge in [-0.15, -0.1) is 0 Å². The molecule has 0 spiro atoms. The second-order valence-corrected chi connectivity index (χ2v) is 5.57. The van der Waals surface area contributed by atoms with Crippen molar-refractivity contribution in [3.63, 3.8) is 0 Å². The van der Waals surface area contributed by atoms with Crippen molar-refractivity contribution < 1.29 is 14.3 Å². The average molecular weight is 306 g/mol. The lowest BCUT2D eigenvalue weighted by atomic mass is 10.2. The quantitative estimate of drug-likeness (QED) is 0.837.